The summed E-state index contributed by atoms with van der Waals surface area (Å²) in [5.74, 6) is 1.72. The molecule has 0 spiro atoms. The minimum atomic E-state index is 0.111. The molecule has 0 radical (unpaired) electrons. The smallest absolute Gasteiger partial charge is 0.220 e. The second kappa shape index (κ2) is 5.97. The molecule has 1 amide bonds. The van der Waals surface area contributed by atoms with Gasteiger partial charge in [-0.25, -0.2) is 9.97 Å². The number of anilines is 1. The standard InChI is InChI=1S/C15H22N4O2/c1-10-16-13(14-3-6-19(14)11(2)20)9-15(17-10)18-12-4-7-21-8-5-12/h9,12,14H,3-8H2,1-2H3,(H,16,17,18)/t14-/m1/s1. The Morgan fingerprint density at radius 1 is 1.33 bits per heavy atom. The number of amides is 1. The van der Waals surface area contributed by atoms with E-state index < -0.39 is 0 Å². The Kier molecular flexibility index (Phi) is 4.05. The molecule has 2 fully saturated rings. The number of carbonyl (C=O) groups excluding carboxylic acids is 1. The summed E-state index contributed by atoms with van der Waals surface area (Å²) in [7, 11) is 0. The fourth-order valence-electron chi connectivity index (χ4n) is 2.96. The van der Waals surface area contributed by atoms with Gasteiger partial charge in [0.2, 0.25) is 5.91 Å². The van der Waals surface area contributed by atoms with E-state index in [0.29, 0.717) is 6.04 Å². The fraction of sp³-hybridized carbons (Fsp3) is 0.667. The minimum Gasteiger partial charge on any atom is -0.381 e. The lowest BCUT2D eigenvalue weighted by atomic mass is 9.99. The first-order valence-corrected chi connectivity index (χ1v) is 7.60. The number of likely N-dealkylation sites (tertiary alicyclic amines) is 1. The van der Waals surface area contributed by atoms with E-state index in [1.807, 2.05) is 17.9 Å². The molecule has 2 aliphatic rings. The Morgan fingerprint density at radius 3 is 2.71 bits per heavy atom. The lowest BCUT2D eigenvalue weighted by Gasteiger charge is -2.40. The summed E-state index contributed by atoms with van der Waals surface area (Å²) in [6, 6.07) is 2.51. The molecule has 3 rings (SSSR count). The maximum Gasteiger partial charge on any atom is 0.220 e. The van der Waals surface area contributed by atoms with Gasteiger partial charge in [0.25, 0.3) is 0 Å². The largest absolute Gasteiger partial charge is 0.381 e. The highest BCUT2D eigenvalue weighted by Gasteiger charge is 2.32. The van der Waals surface area contributed by atoms with Gasteiger partial charge in [-0.15, -0.1) is 0 Å². The van der Waals surface area contributed by atoms with E-state index in [1.54, 1.807) is 6.92 Å². The van der Waals surface area contributed by atoms with Crippen molar-refractivity contribution in [3.05, 3.63) is 17.6 Å². The number of aromatic nitrogens is 2. The van der Waals surface area contributed by atoms with Crippen LogP contribution in [-0.4, -0.2) is 46.6 Å². The van der Waals surface area contributed by atoms with E-state index in [-0.39, 0.29) is 11.9 Å². The van der Waals surface area contributed by atoms with Gasteiger partial charge in [0.05, 0.1) is 11.7 Å². The van der Waals surface area contributed by atoms with Crippen molar-refractivity contribution in [3.63, 3.8) is 0 Å². The molecule has 0 aromatic carbocycles. The Labute approximate surface area is 124 Å². The van der Waals surface area contributed by atoms with Crippen molar-refractivity contribution in [2.24, 2.45) is 0 Å². The predicted molar refractivity (Wildman–Crippen MR) is 79.0 cm³/mol. The van der Waals surface area contributed by atoms with E-state index in [4.69, 9.17) is 4.74 Å². The Morgan fingerprint density at radius 2 is 2.10 bits per heavy atom. The lowest BCUT2D eigenvalue weighted by Crippen LogP contribution is -2.44. The van der Waals surface area contributed by atoms with Crippen LogP contribution in [0.5, 0.6) is 0 Å². The number of aryl methyl sites for hydroxylation is 1. The third-order valence-corrected chi connectivity index (χ3v) is 4.20. The summed E-state index contributed by atoms with van der Waals surface area (Å²) in [6.45, 7) is 5.94. The van der Waals surface area contributed by atoms with Gasteiger partial charge in [-0.3, -0.25) is 4.79 Å². The molecule has 0 unspecified atom stereocenters. The van der Waals surface area contributed by atoms with Crippen molar-refractivity contribution >= 4 is 11.7 Å². The molecule has 1 aromatic heterocycles. The number of carbonyl (C=O) groups is 1. The molecule has 2 saturated heterocycles. The number of hydrogen-bond donors (Lipinski definition) is 1. The third-order valence-electron chi connectivity index (χ3n) is 4.20. The van der Waals surface area contributed by atoms with Crippen LogP contribution < -0.4 is 5.32 Å². The van der Waals surface area contributed by atoms with E-state index in [0.717, 1.165) is 56.4 Å². The van der Waals surface area contributed by atoms with Crippen molar-refractivity contribution in [2.75, 3.05) is 25.1 Å². The van der Waals surface area contributed by atoms with E-state index in [1.165, 1.54) is 0 Å². The van der Waals surface area contributed by atoms with Crippen molar-refractivity contribution in [1.82, 2.24) is 14.9 Å². The Bertz CT molecular complexity index is 528. The highest BCUT2D eigenvalue weighted by atomic mass is 16.5. The minimum absolute atomic E-state index is 0.111. The average molecular weight is 290 g/mol. The van der Waals surface area contributed by atoms with Crippen molar-refractivity contribution in [3.8, 4) is 0 Å². The Balaban J connectivity index is 1.74. The molecular formula is C15H22N4O2. The highest BCUT2D eigenvalue weighted by molar-refractivity contribution is 5.74. The molecule has 2 aliphatic heterocycles. The van der Waals surface area contributed by atoms with Crippen LogP contribution in [0.3, 0.4) is 0 Å². The molecule has 1 N–H and O–H groups in total. The van der Waals surface area contributed by atoms with Gasteiger partial charge in [0.1, 0.15) is 11.6 Å². The van der Waals surface area contributed by atoms with Crippen molar-refractivity contribution in [2.45, 2.75) is 45.2 Å². The number of ether oxygens (including phenoxy) is 1. The van der Waals surface area contributed by atoms with Crippen LogP contribution in [0.4, 0.5) is 5.82 Å². The second-order valence-corrected chi connectivity index (χ2v) is 5.77. The van der Waals surface area contributed by atoms with Gasteiger partial charge in [-0.05, 0) is 26.2 Å². The molecule has 0 bridgehead atoms. The summed E-state index contributed by atoms with van der Waals surface area (Å²) in [5.41, 5.74) is 0.943. The zero-order valence-corrected chi connectivity index (χ0v) is 12.6. The molecule has 6 heteroatoms. The molecule has 3 heterocycles. The van der Waals surface area contributed by atoms with E-state index >= 15 is 0 Å². The molecule has 6 nitrogen and oxygen atoms in total. The van der Waals surface area contributed by atoms with Crippen molar-refractivity contribution in [1.29, 1.82) is 0 Å². The van der Waals surface area contributed by atoms with Gasteiger partial charge >= 0.3 is 0 Å². The van der Waals surface area contributed by atoms with E-state index in [9.17, 15) is 4.79 Å². The molecule has 1 atom stereocenters. The summed E-state index contributed by atoms with van der Waals surface area (Å²) in [4.78, 5) is 22.4. The topological polar surface area (TPSA) is 67.4 Å². The average Bonchev–Trinajstić information content (AvgIpc) is 2.37. The van der Waals surface area contributed by atoms with Crippen LogP contribution in [0.2, 0.25) is 0 Å². The van der Waals surface area contributed by atoms with Crippen LogP contribution in [0.25, 0.3) is 0 Å². The first-order chi connectivity index (χ1) is 10.1. The van der Waals surface area contributed by atoms with Crippen molar-refractivity contribution < 1.29 is 9.53 Å². The van der Waals surface area contributed by atoms with Gasteiger partial charge in [-0.2, -0.15) is 0 Å². The normalized spacial score (nSPS) is 22.8. The molecule has 21 heavy (non-hydrogen) atoms. The first-order valence-electron chi connectivity index (χ1n) is 7.60. The summed E-state index contributed by atoms with van der Waals surface area (Å²) in [6.07, 6.45) is 2.98. The lowest BCUT2D eigenvalue weighted by molar-refractivity contribution is -0.136. The van der Waals surface area contributed by atoms with Crippen LogP contribution in [0.1, 0.15) is 43.7 Å². The summed E-state index contributed by atoms with van der Waals surface area (Å²) >= 11 is 0. The highest BCUT2D eigenvalue weighted by Crippen LogP contribution is 2.33. The summed E-state index contributed by atoms with van der Waals surface area (Å²) < 4.78 is 5.37. The van der Waals surface area contributed by atoms with Gasteiger partial charge < -0.3 is 15.0 Å². The number of nitrogens with one attached hydrogen (secondary N) is 1. The number of hydrogen-bond acceptors (Lipinski definition) is 5. The fourth-order valence-corrected chi connectivity index (χ4v) is 2.96. The molecular weight excluding hydrogens is 268 g/mol. The van der Waals surface area contributed by atoms with Gasteiger partial charge in [0.15, 0.2) is 0 Å². The van der Waals surface area contributed by atoms with Gasteiger partial charge in [-0.1, -0.05) is 0 Å². The SMILES string of the molecule is CC(=O)N1CC[C@@H]1c1cc(NC2CCOCC2)nc(C)n1. The monoisotopic (exact) mass is 290 g/mol. The maximum absolute atomic E-state index is 11.5. The second-order valence-electron chi connectivity index (χ2n) is 5.77. The third kappa shape index (κ3) is 3.15. The molecule has 1 aromatic rings. The van der Waals surface area contributed by atoms with Crippen LogP contribution >= 0.6 is 0 Å². The molecule has 114 valence electrons. The van der Waals surface area contributed by atoms with E-state index in [2.05, 4.69) is 15.3 Å². The number of rotatable bonds is 3. The van der Waals surface area contributed by atoms with Gasteiger partial charge in [0, 0.05) is 38.8 Å². The maximum atomic E-state index is 11.5. The van der Waals surface area contributed by atoms with Crippen LogP contribution in [0, 0.1) is 6.92 Å². The predicted octanol–water partition coefficient (Wildman–Crippen LogP) is 1.67. The zero-order chi connectivity index (χ0) is 14.8. The number of nitrogens with zero attached hydrogens (tertiary/aromatic N) is 3. The zero-order valence-electron chi connectivity index (χ0n) is 12.6. The molecule has 0 aliphatic carbocycles. The van der Waals surface area contributed by atoms with Crippen LogP contribution in [0.15, 0.2) is 6.07 Å². The molecule has 0 saturated carbocycles. The van der Waals surface area contributed by atoms with Crippen LogP contribution in [-0.2, 0) is 9.53 Å². The first kappa shape index (κ1) is 14.3. The Hall–Kier alpha value is -1.69. The quantitative estimate of drug-likeness (QED) is 0.917. The summed E-state index contributed by atoms with van der Waals surface area (Å²) in [5, 5.41) is 3.47.